The molecule has 1 unspecified atom stereocenters. The first-order valence-electron chi connectivity index (χ1n) is 7.13. The van der Waals surface area contributed by atoms with Crippen molar-refractivity contribution in [1.29, 1.82) is 0 Å². The summed E-state index contributed by atoms with van der Waals surface area (Å²) in [5.74, 6) is -0.361. The van der Waals surface area contributed by atoms with Gasteiger partial charge >= 0.3 is 5.97 Å². The quantitative estimate of drug-likeness (QED) is 0.835. The van der Waals surface area contributed by atoms with E-state index in [0.29, 0.717) is 16.6 Å². The number of nitrogens with one attached hydrogen (secondary N) is 1. The van der Waals surface area contributed by atoms with Crippen LogP contribution in [0.3, 0.4) is 0 Å². The van der Waals surface area contributed by atoms with E-state index in [1.807, 2.05) is 32.9 Å². The Bertz CT molecular complexity index is 488. The fourth-order valence-corrected chi connectivity index (χ4v) is 2.58. The number of benzene rings is 1. The standard InChI is InChI=1S/C16H22ClNO2/c1-16(2,3)20-15(19)12-10-11(7-8-13(12)17)14-6-4-5-9-18-14/h7-8,10,14,18H,4-6,9H2,1-3H3. The maximum Gasteiger partial charge on any atom is 0.340 e. The predicted octanol–water partition coefficient (Wildman–Crippen LogP) is 4.11. The number of carbonyl (C=O) groups excluding carboxylic acids is 1. The maximum atomic E-state index is 12.2. The van der Waals surface area contributed by atoms with Gasteiger partial charge in [0.25, 0.3) is 0 Å². The van der Waals surface area contributed by atoms with Crippen molar-refractivity contribution >= 4 is 17.6 Å². The van der Waals surface area contributed by atoms with E-state index in [9.17, 15) is 4.79 Å². The normalized spacial score (nSPS) is 19.7. The van der Waals surface area contributed by atoms with Gasteiger partial charge in [0, 0.05) is 6.04 Å². The summed E-state index contributed by atoms with van der Waals surface area (Å²) in [6.07, 6.45) is 3.51. The average molecular weight is 296 g/mol. The molecule has 4 heteroatoms. The molecule has 0 aliphatic carbocycles. The second-order valence-corrected chi connectivity index (χ2v) is 6.65. The summed E-state index contributed by atoms with van der Waals surface area (Å²) in [7, 11) is 0. The Kier molecular flexibility index (Phi) is 4.71. The first-order chi connectivity index (χ1) is 9.37. The molecular weight excluding hydrogens is 274 g/mol. The number of piperidine rings is 1. The lowest BCUT2D eigenvalue weighted by Crippen LogP contribution is -2.27. The zero-order valence-electron chi connectivity index (χ0n) is 12.3. The highest BCUT2D eigenvalue weighted by Gasteiger charge is 2.22. The summed E-state index contributed by atoms with van der Waals surface area (Å²) in [6.45, 7) is 6.58. The molecule has 1 aliphatic heterocycles. The van der Waals surface area contributed by atoms with Gasteiger partial charge in [-0.3, -0.25) is 0 Å². The van der Waals surface area contributed by atoms with Crippen molar-refractivity contribution in [2.24, 2.45) is 0 Å². The van der Waals surface area contributed by atoms with E-state index < -0.39 is 5.60 Å². The predicted molar refractivity (Wildman–Crippen MR) is 81.2 cm³/mol. The molecule has 1 aliphatic rings. The minimum atomic E-state index is -0.514. The Hall–Kier alpha value is -1.06. The highest BCUT2D eigenvalue weighted by molar-refractivity contribution is 6.33. The van der Waals surface area contributed by atoms with Gasteiger partial charge in [-0.25, -0.2) is 4.79 Å². The van der Waals surface area contributed by atoms with Crippen molar-refractivity contribution in [1.82, 2.24) is 5.32 Å². The van der Waals surface area contributed by atoms with E-state index >= 15 is 0 Å². The van der Waals surface area contributed by atoms with Crippen LogP contribution in [0.15, 0.2) is 18.2 Å². The van der Waals surface area contributed by atoms with Crippen LogP contribution in [-0.2, 0) is 4.74 Å². The molecule has 1 N–H and O–H groups in total. The molecule has 1 heterocycles. The van der Waals surface area contributed by atoms with Gasteiger partial charge in [0.2, 0.25) is 0 Å². The summed E-state index contributed by atoms with van der Waals surface area (Å²) < 4.78 is 5.40. The largest absolute Gasteiger partial charge is 0.456 e. The van der Waals surface area contributed by atoms with Crippen LogP contribution in [-0.4, -0.2) is 18.1 Å². The molecule has 0 saturated carbocycles. The van der Waals surface area contributed by atoms with Crippen molar-refractivity contribution in [3.05, 3.63) is 34.3 Å². The van der Waals surface area contributed by atoms with Crippen molar-refractivity contribution < 1.29 is 9.53 Å². The highest BCUT2D eigenvalue weighted by Crippen LogP contribution is 2.27. The van der Waals surface area contributed by atoms with E-state index in [4.69, 9.17) is 16.3 Å². The maximum absolute atomic E-state index is 12.2. The second-order valence-electron chi connectivity index (χ2n) is 6.24. The number of rotatable bonds is 2. The van der Waals surface area contributed by atoms with Gasteiger partial charge in [0.05, 0.1) is 10.6 Å². The molecule has 0 radical (unpaired) electrons. The van der Waals surface area contributed by atoms with Crippen LogP contribution >= 0.6 is 11.6 Å². The third kappa shape index (κ3) is 3.97. The van der Waals surface area contributed by atoms with Crippen LogP contribution in [0.2, 0.25) is 5.02 Å². The summed E-state index contributed by atoms with van der Waals surface area (Å²) in [6, 6.07) is 5.94. The topological polar surface area (TPSA) is 38.3 Å². The van der Waals surface area contributed by atoms with Gasteiger partial charge < -0.3 is 10.1 Å². The summed E-state index contributed by atoms with van der Waals surface area (Å²) in [5.41, 5.74) is 1.04. The summed E-state index contributed by atoms with van der Waals surface area (Å²) >= 11 is 6.14. The molecule has 20 heavy (non-hydrogen) atoms. The zero-order chi connectivity index (χ0) is 14.8. The number of esters is 1. The van der Waals surface area contributed by atoms with E-state index in [2.05, 4.69) is 5.32 Å². The molecule has 110 valence electrons. The fraction of sp³-hybridized carbons (Fsp3) is 0.562. The molecule has 1 aromatic rings. The van der Waals surface area contributed by atoms with Crippen molar-refractivity contribution in [3.8, 4) is 0 Å². The SMILES string of the molecule is CC(C)(C)OC(=O)c1cc(C2CCCCN2)ccc1Cl. The lowest BCUT2D eigenvalue weighted by molar-refractivity contribution is 0.00696. The molecule has 0 bridgehead atoms. The molecule has 2 rings (SSSR count). The van der Waals surface area contributed by atoms with Crippen molar-refractivity contribution in [2.45, 2.75) is 51.7 Å². The summed E-state index contributed by atoms with van der Waals surface area (Å²) in [5, 5.41) is 3.92. The Morgan fingerprint density at radius 2 is 2.10 bits per heavy atom. The molecule has 0 aromatic heterocycles. The number of hydrogen-bond acceptors (Lipinski definition) is 3. The van der Waals surface area contributed by atoms with Gasteiger partial charge in [-0.1, -0.05) is 24.1 Å². The van der Waals surface area contributed by atoms with Crippen LogP contribution in [0.4, 0.5) is 0 Å². The monoisotopic (exact) mass is 295 g/mol. The number of halogens is 1. The number of carbonyl (C=O) groups is 1. The molecule has 3 nitrogen and oxygen atoms in total. The minimum Gasteiger partial charge on any atom is -0.456 e. The average Bonchev–Trinajstić information content (AvgIpc) is 2.38. The summed E-state index contributed by atoms with van der Waals surface area (Å²) in [4.78, 5) is 12.2. The lowest BCUT2D eigenvalue weighted by Gasteiger charge is -2.25. The zero-order valence-corrected chi connectivity index (χ0v) is 13.1. The van der Waals surface area contributed by atoms with Crippen molar-refractivity contribution in [3.63, 3.8) is 0 Å². The second kappa shape index (κ2) is 6.15. The third-order valence-corrected chi connectivity index (χ3v) is 3.65. The van der Waals surface area contributed by atoms with Gasteiger partial charge in [-0.2, -0.15) is 0 Å². The first kappa shape index (κ1) is 15.3. The highest BCUT2D eigenvalue weighted by atomic mass is 35.5. The van der Waals surface area contributed by atoms with Gasteiger partial charge in [-0.05, 0) is 57.9 Å². The van der Waals surface area contributed by atoms with E-state index in [0.717, 1.165) is 18.5 Å². The molecule has 1 atom stereocenters. The Morgan fingerprint density at radius 1 is 1.35 bits per heavy atom. The van der Waals surface area contributed by atoms with Crippen LogP contribution in [0, 0.1) is 0 Å². The molecular formula is C16H22ClNO2. The third-order valence-electron chi connectivity index (χ3n) is 3.32. The van der Waals surface area contributed by atoms with Crippen LogP contribution in [0.25, 0.3) is 0 Å². The molecule has 0 amide bonds. The molecule has 1 saturated heterocycles. The van der Waals surface area contributed by atoms with E-state index in [1.54, 1.807) is 6.07 Å². The van der Waals surface area contributed by atoms with Gasteiger partial charge in [0.15, 0.2) is 0 Å². The van der Waals surface area contributed by atoms with Gasteiger partial charge in [-0.15, -0.1) is 0 Å². The van der Waals surface area contributed by atoms with Crippen LogP contribution in [0.1, 0.15) is 62.0 Å². The minimum absolute atomic E-state index is 0.308. The number of ether oxygens (including phenoxy) is 1. The lowest BCUT2D eigenvalue weighted by atomic mass is 9.96. The van der Waals surface area contributed by atoms with E-state index in [1.165, 1.54) is 12.8 Å². The fourth-order valence-electron chi connectivity index (χ4n) is 2.39. The molecule has 0 spiro atoms. The Morgan fingerprint density at radius 3 is 2.70 bits per heavy atom. The van der Waals surface area contributed by atoms with Crippen LogP contribution in [0.5, 0.6) is 0 Å². The Balaban J connectivity index is 2.22. The first-order valence-corrected chi connectivity index (χ1v) is 7.51. The smallest absolute Gasteiger partial charge is 0.340 e. The van der Waals surface area contributed by atoms with E-state index in [-0.39, 0.29) is 5.97 Å². The van der Waals surface area contributed by atoms with Crippen LogP contribution < -0.4 is 5.32 Å². The molecule has 1 aromatic carbocycles. The number of hydrogen-bond donors (Lipinski definition) is 1. The molecule has 1 fully saturated rings. The van der Waals surface area contributed by atoms with Crippen molar-refractivity contribution in [2.75, 3.05) is 6.54 Å². The Labute approximate surface area is 125 Å². The van der Waals surface area contributed by atoms with Gasteiger partial charge in [0.1, 0.15) is 5.60 Å².